The highest BCUT2D eigenvalue weighted by Crippen LogP contribution is 2.47. The predicted octanol–water partition coefficient (Wildman–Crippen LogP) is 7.40. The molecule has 4 unspecified atom stereocenters. The number of rotatable bonds is 5. The van der Waals surface area contributed by atoms with Gasteiger partial charge in [0.25, 0.3) is 0 Å². The van der Waals surface area contributed by atoms with Crippen LogP contribution in [0.5, 0.6) is 0 Å². The van der Waals surface area contributed by atoms with E-state index in [0.717, 1.165) is 19.7 Å². The predicted molar refractivity (Wildman–Crippen MR) is 144 cm³/mol. The quantitative estimate of drug-likeness (QED) is 0.248. The Morgan fingerprint density at radius 2 is 1.17 bits per heavy atom. The van der Waals surface area contributed by atoms with Crippen molar-refractivity contribution >= 4 is 80.4 Å². The lowest BCUT2D eigenvalue weighted by Gasteiger charge is -2.31. The molecule has 6 heteroatoms. The molecule has 2 heterocycles. The van der Waals surface area contributed by atoms with Crippen molar-refractivity contribution in [2.75, 3.05) is 0 Å². The molecule has 2 aliphatic carbocycles. The van der Waals surface area contributed by atoms with Gasteiger partial charge >= 0.3 is 0 Å². The summed E-state index contributed by atoms with van der Waals surface area (Å²) in [5, 5.41) is 0. The summed E-state index contributed by atoms with van der Waals surface area (Å²) in [4.78, 5) is 28.3. The minimum atomic E-state index is -0.318. The Bertz CT molecular complexity index is 1030. The number of allylic oxidation sites excluding steroid dienone is 8. The van der Waals surface area contributed by atoms with Crippen molar-refractivity contribution in [3.05, 3.63) is 77.6 Å². The van der Waals surface area contributed by atoms with E-state index >= 15 is 0 Å². The first kappa shape index (κ1) is 22.4. The molecule has 0 bridgehead atoms. The second-order valence-electron chi connectivity index (χ2n) is 7.99. The first-order chi connectivity index (χ1) is 14.3. The van der Waals surface area contributed by atoms with Crippen molar-refractivity contribution in [2.45, 2.75) is 24.7 Å². The van der Waals surface area contributed by atoms with Crippen molar-refractivity contribution in [1.29, 1.82) is 0 Å². The minimum absolute atomic E-state index is 0.159. The Balaban J connectivity index is 1.66. The van der Waals surface area contributed by atoms with Gasteiger partial charge < -0.3 is 9.59 Å². The van der Waals surface area contributed by atoms with E-state index in [-0.39, 0.29) is 22.7 Å². The Kier molecular flexibility index (Phi) is 6.41. The summed E-state index contributed by atoms with van der Waals surface area (Å²) < 4.78 is 2.20. The van der Waals surface area contributed by atoms with Gasteiger partial charge in [0.2, 0.25) is 0 Å². The van der Waals surface area contributed by atoms with Crippen LogP contribution in [0.1, 0.15) is 23.6 Å². The molecule has 0 fully saturated rings. The third kappa shape index (κ3) is 3.89. The number of carbonyl (C=O) groups excluding carboxylic acids is 2. The third-order valence-corrected chi connectivity index (χ3v) is 10.4. The molecular weight excluding hydrogens is 638 g/mol. The van der Waals surface area contributed by atoms with Crippen LogP contribution < -0.4 is 0 Å². The lowest BCUT2D eigenvalue weighted by Crippen LogP contribution is -2.30. The molecule has 2 aromatic heterocycles. The summed E-state index contributed by atoms with van der Waals surface area (Å²) in [6.07, 6.45) is 14.7. The summed E-state index contributed by atoms with van der Waals surface area (Å²) >= 11 is 8.02. The lowest BCUT2D eigenvalue weighted by molar-refractivity contribution is -0.111. The average Bonchev–Trinajstić information content (AvgIpc) is 3.41. The van der Waals surface area contributed by atoms with Gasteiger partial charge in [-0.05, 0) is 69.4 Å². The smallest absolute Gasteiger partial charge is 0.128 e. The molecule has 0 radical (unpaired) electrons. The van der Waals surface area contributed by atoms with E-state index in [4.69, 9.17) is 0 Å². The maximum atomic E-state index is 11.8. The second-order valence-corrected chi connectivity index (χ2v) is 12.6. The molecular formula is C24H20I2O2S2. The fourth-order valence-electron chi connectivity index (χ4n) is 3.90. The largest absolute Gasteiger partial charge is 0.303 e. The van der Waals surface area contributed by atoms with Gasteiger partial charge in [-0.2, -0.15) is 0 Å². The zero-order valence-corrected chi connectivity index (χ0v) is 22.4. The van der Waals surface area contributed by atoms with Crippen molar-refractivity contribution < 1.29 is 9.59 Å². The molecule has 0 saturated heterocycles. The Labute approximate surface area is 212 Å². The van der Waals surface area contributed by atoms with Gasteiger partial charge in [0.15, 0.2) is 0 Å². The highest BCUT2D eigenvalue weighted by Gasteiger charge is 2.37. The second kappa shape index (κ2) is 8.60. The summed E-state index contributed by atoms with van der Waals surface area (Å²) in [7, 11) is 0. The molecule has 0 aliphatic heterocycles. The lowest BCUT2D eigenvalue weighted by atomic mass is 9.74. The average molecular weight is 658 g/mol. The minimum Gasteiger partial charge on any atom is -0.303 e. The van der Waals surface area contributed by atoms with Gasteiger partial charge in [-0.25, -0.2) is 0 Å². The number of hydrogen-bond donors (Lipinski definition) is 0. The molecule has 30 heavy (non-hydrogen) atoms. The van der Waals surface area contributed by atoms with Crippen molar-refractivity contribution in [3.8, 4) is 9.75 Å². The first-order valence-corrected chi connectivity index (χ1v) is 13.3. The molecule has 0 saturated carbocycles. The fraction of sp³-hybridized carbons (Fsp3) is 0.250. The van der Waals surface area contributed by atoms with Crippen LogP contribution in [0.3, 0.4) is 0 Å². The van der Waals surface area contributed by atoms with Gasteiger partial charge in [-0.1, -0.05) is 50.3 Å². The molecule has 4 atom stereocenters. The van der Waals surface area contributed by atoms with Crippen LogP contribution in [0.25, 0.3) is 9.75 Å². The van der Waals surface area contributed by atoms with Crippen LogP contribution in [-0.2, 0) is 20.4 Å². The Morgan fingerprint density at radius 3 is 1.53 bits per heavy atom. The van der Waals surface area contributed by atoms with E-state index in [1.807, 2.05) is 12.2 Å². The number of hydrogen-bond acceptors (Lipinski definition) is 4. The molecule has 0 N–H and O–H groups in total. The molecule has 2 aliphatic rings. The highest BCUT2D eigenvalue weighted by atomic mass is 127. The third-order valence-electron chi connectivity index (χ3n) is 6.05. The normalized spacial score (nSPS) is 30.7. The Hall–Kier alpha value is -0.840. The number of halogens is 2. The van der Waals surface area contributed by atoms with E-state index in [2.05, 4.69) is 108 Å². The zero-order valence-electron chi connectivity index (χ0n) is 16.5. The van der Waals surface area contributed by atoms with E-state index in [9.17, 15) is 9.59 Å². The van der Waals surface area contributed by atoms with E-state index < -0.39 is 0 Å². The standard InChI is InChI=1S/C24H20I2O2S2/c1-23(9-7-17(25)11-15(23)13-27)21-5-3-19(29-21)20-4-6-22(30-20)24(2)10-8-18(26)12-16(24)14-28/h3-16H,1-2H3. The SMILES string of the molecule is CC1(c2ccc(-c3ccc(C4(C)C=CC(I)=CC4C=O)s3)s2)C=CC(I)=CC1C=O. The van der Waals surface area contributed by atoms with Gasteiger partial charge in [0.05, 0.1) is 0 Å². The molecule has 154 valence electrons. The molecule has 0 amide bonds. The Morgan fingerprint density at radius 1 is 0.767 bits per heavy atom. The van der Waals surface area contributed by atoms with Crippen LogP contribution in [0.2, 0.25) is 0 Å². The van der Waals surface area contributed by atoms with Gasteiger partial charge in [-0.3, -0.25) is 0 Å². The van der Waals surface area contributed by atoms with Gasteiger partial charge in [-0.15, -0.1) is 22.7 Å². The summed E-state index contributed by atoms with van der Waals surface area (Å²) in [6.45, 7) is 4.27. The highest BCUT2D eigenvalue weighted by molar-refractivity contribution is 14.1. The van der Waals surface area contributed by atoms with Crippen LogP contribution in [-0.4, -0.2) is 12.6 Å². The summed E-state index contributed by atoms with van der Waals surface area (Å²) in [6, 6.07) is 8.60. The zero-order chi connectivity index (χ0) is 21.5. The van der Waals surface area contributed by atoms with Gasteiger partial charge in [0.1, 0.15) is 12.6 Å². The van der Waals surface area contributed by atoms with Crippen LogP contribution in [0.15, 0.2) is 67.9 Å². The first-order valence-electron chi connectivity index (χ1n) is 9.55. The number of thiophene rings is 2. The van der Waals surface area contributed by atoms with E-state index in [0.29, 0.717) is 0 Å². The van der Waals surface area contributed by atoms with Crippen LogP contribution in [0.4, 0.5) is 0 Å². The molecule has 0 spiro atoms. The summed E-state index contributed by atoms with van der Waals surface area (Å²) in [5.74, 6) is -0.317. The molecule has 2 nitrogen and oxygen atoms in total. The van der Waals surface area contributed by atoms with Crippen molar-refractivity contribution in [1.82, 2.24) is 0 Å². The fourth-order valence-corrected chi connectivity index (χ4v) is 7.49. The number of carbonyl (C=O) groups is 2. The van der Waals surface area contributed by atoms with Gasteiger partial charge in [0, 0.05) is 49.3 Å². The maximum Gasteiger partial charge on any atom is 0.128 e. The van der Waals surface area contributed by atoms with E-state index in [1.165, 1.54) is 19.5 Å². The molecule has 0 aromatic carbocycles. The summed E-state index contributed by atoms with van der Waals surface area (Å²) in [5.41, 5.74) is -0.636. The maximum absolute atomic E-state index is 11.8. The van der Waals surface area contributed by atoms with Crippen LogP contribution in [0, 0.1) is 11.8 Å². The van der Waals surface area contributed by atoms with E-state index in [1.54, 1.807) is 22.7 Å². The molecule has 2 aromatic rings. The number of aldehydes is 2. The van der Waals surface area contributed by atoms with Crippen molar-refractivity contribution in [2.24, 2.45) is 11.8 Å². The monoisotopic (exact) mass is 658 g/mol. The topological polar surface area (TPSA) is 34.1 Å². The van der Waals surface area contributed by atoms with Crippen LogP contribution >= 0.6 is 67.9 Å². The molecule has 4 rings (SSSR count). The van der Waals surface area contributed by atoms with Crippen molar-refractivity contribution in [3.63, 3.8) is 0 Å².